The first-order chi connectivity index (χ1) is 8.27. The van der Waals surface area contributed by atoms with Crippen LogP contribution in [-0.4, -0.2) is 46.8 Å². The van der Waals surface area contributed by atoms with Crippen LogP contribution in [0.15, 0.2) is 11.2 Å². The van der Waals surface area contributed by atoms with E-state index < -0.39 is 28.6 Å². The van der Waals surface area contributed by atoms with Crippen molar-refractivity contribution in [3.63, 3.8) is 0 Å². The van der Waals surface area contributed by atoms with Gasteiger partial charge in [0.2, 0.25) is 0 Å². The number of nitrogens with zero attached hydrogens (tertiary/aromatic N) is 2. The van der Waals surface area contributed by atoms with Gasteiger partial charge in [-0.15, -0.1) is 0 Å². The Morgan fingerprint density at radius 2 is 2.22 bits per heavy atom. The lowest BCUT2D eigenvalue weighted by Gasteiger charge is -2.11. The summed E-state index contributed by atoms with van der Waals surface area (Å²) in [6.45, 7) is 1.20. The highest BCUT2D eigenvalue weighted by Crippen LogP contribution is 2.09. The topological polar surface area (TPSA) is 122 Å². The molecule has 18 heavy (non-hydrogen) atoms. The van der Waals surface area contributed by atoms with Gasteiger partial charge in [-0.1, -0.05) is 0 Å². The minimum Gasteiger partial charge on any atom is -0.480 e. The number of carboxylic acid groups (broad SMARTS) is 1. The van der Waals surface area contributed by atoms with Gasteiger partial charge >= 0.3 is 5.97 Å². The summed E-state index contributed by atoms with van der Waals surface area (Å²) in [5, 5.41) is 17.3. The molecule has 0 bridgehead atoms. The van der Waals surface area contributed by atoms with Crippen LogP contribution in [0.1, 0.15) is 12.2 Å². The zero-order chi connectivity index (χ0) is 13.9. The first kappa shape index (κ1) is 14.6. The Morgan fingerprint density at radius 3 is 2.61 bits per heavy atom. The molecular formula is C9H15N3O5S. The van der Waals surface area contributed by atoms with E-state index in [1.54, 1.807) is 14.0 Å². The molecule has 8 nitrogen and oxygen atoms in total. The lowest BCUT2D eigenvalue weighted by molar-refractivity contribution is -0.139. The molecule has 0 unspecified atom stereocenters. The number of aliphatic hydroxyl groups is 1. The van der Waals surface area contributed by atoms with Gasteiger partial charge in [-0.25, -0.2) is 13.4 Å². The molecule has 9 heteroatoms. The molecule has 0 saturated heterocycles. The maximum atomic E-state index is 11.9. The third-order valence-corrected chi connectivity index (χ3v) is 3.72. The molecule has 0 radical (unpaired) electrons. The van der Waals surface area contributed by atoms with E-state index in [1.807, 2.05) is 4.72 Å². The molecule has 1 aromatic heterocycles. The zero-order valence-corrected chi connectivity index (χ0v) is 10.8. The van der Waals surface area contributed by atoms with Crippen molar-refractivity contribution in [3.8, 4) is 0 Å². The first-order valence-corrected chi connectivity index (χ1v) is 6.62. The summed E-state index contributed by atoms with van der Waals surface area (Å²) < 4.78 is 27.2. The van der Waals surface area contributed by atoms with Crippen molar-refractivity contribution in [1.82, 2.24) is 14.3 Å². The van der Waals surface area contributed by atoms with Gasteiger partial charge in [-0.2, -0.15) is 4.72 Å². The molecule has 1 atom stereocenters. The fraction of sp³-hybridized carbons (Fsp3) is 0.556. The second-order valence-electron chi connectivity index (χ2n) is 3.76. The Hall–Kier alpha value is -1.45. The molecule has 1 aromatic rings. The standard InChI is InChI=1S/C9H15N3O5S/c1-6-10-8(5-12(6)2)18(16,17)11-7(3-4-13)9(14)15/h5,7,11,13H,3-4H2,1-2H3,(H,14,15)/t7-/m0/s1. The van der Waals surface area contributed by atoms with Crippen molar-refractivity contribution in [2.75, 3.05) is 6.61 Å². The molecule has 0 aliphatic heterocycles. The average Bonchev–Trinajstić information content (AvgIpc) is 2.59. The van der Waals surface area contributed by atoms with Crippen LogP contribution in [0.5, 0.6) is 0 Å². The van der Waals surface area contributed by atoms with Gasteiger partial charge in [0, 0.05) is 19.9 Å². The van der Waals surface area contributed by atoms with Crippen molar-refractivity contribution in [3.05, 3.63) is 12.0 Å². The predicted octanol–water partition coefficient (Wildman–Crippen LogP) is -1.16. The fourth-order valence-electron chi connectivity index (χ4n) is 1.27. The van der Waals surface area contributed by atoms with E-state index in [4.69, 9.17) is 10.2 Å². The van der Waals surface area contributed by atoms with Crippen LogP contribution in [0, 0.1) is 6.92 Å². The SMILES string of the molecule is Cc1nc(S(=O)(=O)N[C@@H](CCO)C(=O)O)cn1C. The minimum absolute atomic E-state index is 0.208. The number of carbonyl (C=O) groups is 1. The van der Waals surface area contributed by atoms with E-state index in [2.05, 4.69) is 4.98 Å². The molecule has 0 aliphatic carbocycles. The smallest absolute Gasteiger partial charge is 0.321 e. The highest BCUT2D eigenvalue weighted by molar-refractivity contribution is 7.89. The minimum atomic E-state index is -4.00. The molecule has 1 heterocycles. The van der Waals surface area contributed by atoms with E-state index in [-0.39, 0.29) is 11.4 Å². The van der Waals surface area contributed by atoms with Gasteiger partial charge in [-0.3, -0.25) is 4.79 Å². The highest BCUT2D eigenvalue weighted by Gasteiger charge is 2.26. The Kier molecular flexibility index (Phi) is 4.43. The third-order valence-electron chi connectivity index (χ3n) is 2.38. The van der Waals surface area contributed by atoms with E-state index in [0.717, 1.165) is 0 Å². The van der Waals surface area contributed by atoms with Gasteiger partial charge in [0.05, 0.1) is 0 Å². The van der Waals surface area contributed by atoms with Crippen molar-refractivity contribution < 1.29 is 23.4 Å². The number of rotatable bonds is 6. The maximum absolute atomic E-state index is 11.9. The van der Waals surface area contributed by atoms with Crippen LogP contribution in [0.2, 0.25) is 0 Å². The largest absolute Gasteiger partial charge is 0.480 e. The number of carboxylic acids is 1. The van der Waals surface area contributed by atoms with Gasteiger partial charge in [-0.05, 0) is 13.3 Å². The van der Waals surface area contributed by atoms with Crippen molar-refractivity contribution >= 4 is 16.0 Å². The molecule has 1 rings (SSSR count). The first-order valence-electron chi connectivity index (χ1n) is 5.14. The monoisotopic (exact) mass is 277 g/mol. The number of aliphatic carboxylic acids is 1. The van der Waals surface area contributed by atoms with Gasteiger partial charge < -0.3 is 14.8 Å². The van der Waals surface area contributed by atoms with Crippen LogP contribution in [0.3, 0.4) is 0 Å². The summed E-state index contributed by atoms with van der Waals surface area (Å²) in [6, 6.07) is -1.37. The lowest BCUT2D eigenvalue weighted by atomic mass is 10.2. The van der Waals surface area contributed by atoms with Crippen LogP contribution < -0.4 is 4.72 Å². The number of hydrogen-bond donors (Lipinski definition) is 3. The van der Waals surface area contributed by atoms with Crippen LogP contribution in [0.4, 0.5) is 0 Å². The molecule has 0 amide bonds. The number of aromatic nitrogens is 2. The Morgan fingerprint density at radius 1 is 1.61 bits per heavy atom. The van der Waals surface area contributed by atoms with Crippen molar-refractivity contribution in [2.45, 2.75) is 24.4 Å². The quantitative estimate of drug-likeness (QED) is 0.603. The molecular weight excluding hydrogens is 262 g/mol. The van der Waals surface area contributed by atoms with Gasteiger partial charge in [0.25, 0.3) is 10.0 Å². The summed E-state index contributed by atoms with van der Waals surface area (Å²) in [5.74, 6) is -0.857. The fourth-order valence-corrected chi connectivity index (χ4v) is 2.53. The number of sulfonamides is 1. The van der Waals surface area contributed by atoms with Gasteiger partial charge in [0.15, 0.2) is 5.03 Å². The van der Waals surface area contributed by atoms with E-state index in [9.17, 15) is 13.2 Å². The summed E-state index contributed by atoms with van der Waals surface area (Å²) >= 11 is 0. The number of aliphatic hydroxyl groups excluding tert-OH is 1. The Bertz CT molecular complexity index is 517. The molecule has 0 aliphatic rings. The summed E-state index contributed by atoms with van der Waals surface area (Å²) in [4.78, 5) is 14.6. The molecule has 0 saturated carbocycles. The number of nitrogens with one attached hydrogen (secondary N) is 1. The molecule has 0 aromatic carbocycles. The average molecular weight is 277 g/mol. The molecule has 0 fully saturated rings. The zero-order valence-electron chi connectivity index (χ0n) is 9.99. The number of hydrogen-bond acceptors (Lipinski definition) is 5. The predicted molar refractivity (Wildman–Crippen MR) is 61.4 cm³/mol. The van der Waals surface area contributed by atoms with Crippen molar-refractivity contribution in [2.24, 2.45) is 7.05 Å². The van der Waals surface area contributed by atoms with E-state index in [0.29, 0.717) is 5.82 Å². The molecule has 102 valence electrons. The highest BCUT2D eigenvalue weighted by atomic mass is 32.2. The summed E-state index contributed by atoms with van der Waals surface area (Å²) in [5.41, 5.74) is 0. The summed E-state index contributed by atoms with van der Waals surface area (Å²) in [6.07, 6.45) is 1.08. The normalized spacial score (nSPS) is 13.5. The summed E-state index contributed by atoms with van der Waals surface area (Å²) in [7, 11) is -2.37. The van der Waals surface area contributed by atoms with Crippen LogP contribution in [-0.2, 0) is 21.9 Å². The molecule has 0 spiro atoms. The third kappa shape index (κ3) is 3.28. The second-order valence-corrected chi connectivity index (χ2v) is 5.42. The number of imidazole rings is 1. The molecule has 3 N–H and O–H groups in total. The maximum Gasteiger partial charge on any atom is 0.321 e. The lowest BCUT2D eigenvalue weighted by Crippen LogP contribution is -2.41. The van der Waals surface area contributed by atoms with Gasteiger partial charge in [0.1, 0.15) is 11.9 Å². The van der Waals surface area contributed by atoms with E-state index in [1.165, 1.54) is 10.8 Å². The van der Waals surface area contributed by atoms with Crippen molar-refractivity contribution in [1.29, 1.82) is 0 Å². The van der Waals surface area contributed by atoms with E-state index >= 15 is 0 Å². The second kappa shape index (κ2) is 5.46. The Balaban J connectivity index is 2.96. The van der Waals surface area contributed by atoms with Crippen LogP contribution in [0.25, 0.3) is 0 Å². The number of aryl methyl sites for hydroxylation is 2. The van der Waals surface area contributed by atoms with Crippen LogP contribution >= 0.6 is 0 Å². The Labute approximate surface area is 104 Å².